The summed E-state index contributed by atoms with van der Waals surface area (Å²) in [6.07, 6.45) is 45.9. The normalized spacial score (nSPS) is 13.2. The average Bonchev–Trinajstić information content (AvgIpc) is 3.18. The molecule has 55 heavy (non-hydrogen) atoms. The molecule has 0 saturated carbocycles. The van der Waals surface area contributed by atoms with E-state index in [2.05, 4.69) is 26.1 Å². The Morgan fingerprint density at radius 2 is 0.764 bits per heavy atom. The van der Waals surface area contributed by atoms with Crippen LogP contribution in [0.2, 0.25) is 0 Å². The van der Waals surface area contributed by atoms with Crippen molar-refractivity contribution in [3.05, 3.63) is 0 Å². The minimum Gasteiger partial charge on any atom is -0.462 e. The van der Waals surface area contributed by atoms with Crippen molar-refractivity contribution in [1.82, 2.24) is 5.32 Å². The zero-order chi connectivity index (χ0) is 40.3. The number of hydrogen-bond donors (Lipinski definition) is 3. The maximum absolute atomic E-state index is 13.1. The van der Waals surface area contributed by atoms with Gasteiger partial charge < -0.3 is 20.3 Å². The molecule has 3 unspecified atom stereocenters. The molecule has 0 heterocycles. The molecular weight excluding hydrogens is 683 g/mol. The van der Waals surface area contributed by atoms with E-state index >= 15 is 0 Å². The first-order valence-electron chi connectivity index (χ1n) is 24.8. The van der Waals surface area contributed by atoms with Crippen LogP contribution in [0.15, 0.2) is 0 Å². The lowest BCUT2D eigenvalue weighted by Crippen LogP contribution is -2.46. The molecule has 0 fully saturated rings. The van der Waals surface area contributed by atoms with Gasteiger partial charge in [-0.15, -0.1) is 0 Å². The van der Waals surface area contributed by atoms with Gasteiger partial charge in [-0.3, -0.25) is 9.59 Å². The molecular formula is C49H97NO5. The van der Waals surface area contributed by atoms with E-state index in [1.54, 1.807) is 0 Å². The molecule has 0 rings (SSSR count). The second-order valence-corrected chi connectivity index (χ2v) is 17.2. The fourth-order valence-electron chi connectivity index (χ4n) is 7.90. The van der Waals surface area contributed by atoms with Crippen LogP contribution in [-0.4, -0.2) is 46.9 Å². The van der Waals surface area contributed by atoms with Crippen LogP contribution < -0.4 is 5.32 Å². The van der Waals surface area contributed by atoms with Crippen molar-refractivity contribution < 1.29 is 24.5 Å². The molecule has 0 aliphatic heterocycles. The van der Waals surface area contributed by atoms with Crippen LogP contribution in [0.1, 0.15) is 278 Å². The third kappa shape index (κ3) is 39.5. The van der Waals surface area contributed by atoms with Crippen molar-refractivity contribution in [3.63, 3.8) is 0 Å². The molecule has 6 heteroatoms. The van der Waals surface area contributed by atoms with Crippen molar-refractivity contribution in [2.45, 2.75) is 296 Å². The summed E-state index contributed by atoms with van der Waals surface area (Å²) in [4.78, 5) is 26.0. The lowest BCUT2D eigenvalue weighted by atomic mass is 10.0. The highest BCUT2D eigenvalue weighted by molar-refractivity contribution is 5.77. The van der Waals surface area contributed by atoms with Crippen molar-refractivity contribution in [3.8, 4) is 0 Å². The Kier molecular flexibility index (Phi) is 43.1. The van der Waals surface area contributed by atoms with Crippen LogP contribution >= 0.6 is 0 Å². The van der Waals surface area contributed by atoms with Gasteiger partial charge in [0.15, 0.2) is 0 Å². The van der Waals surface area contributed by atoms with Gasteiger partial charge in [-0.25, -0.2) is 0 Å². The Morgan fingerprint density at radius 1 is 0.455 bits per heavy atom. The number of nitrogens with one attached hydrogen (secondary N) is 1. The van der Waals surface area contributed by atoms with Crippen molar-refractivity contribution in [1.29, 1.82) is 0 Å². The van der Waals surface area contributed by atoms with Gasteiger partial charge >= 0.3 is 5.97 Å². The first-order valence-corrected chi connectivity index (χ1v) is 24.8. The summed E-state index contributed by atoms with van der Waals surface area (Å²) >= 11 is 0. The Balaban J connectivity index is 4.50. The van der Waals surface area contributed by atoms with Crippen molar-refractivity contribution in [2.24, 2.45) is 0 Å². The maximum Gasteiger partial charge on any atom is 0.306 e. The monoisotopic (exact) mass is 780 g/mol. The first kappa shape index (κ1) is 53.9. The third-order valence-electron chi connectivity index (χ3n) is 11.7. The Hall–Kier alpha value is -1.14. The molecule has 0 aromatic heterocycles. The van der Waals surface area contributed by atoms with E-state index in [0.717, 1.165) is 44.9 Å². The Bertz CT molecular complexity index is 791. The predicted octanol–water partition coefficient (Wildman–Crippen LogP) is 14.4. The molecule has 0 saturated heterocycles. The van der Waals surface area contributed by atoms with Gasteiger partial charge in [0.05, 0.1) is 25.2 Å². The smallest absolute Gasteiger partial charge is 0.306 e. The number of esters is 1. The predicted molar refractivity (Wildman–Crippen MR) is 237 cm³/mol. The van der Waals surface area contributed by atoms with Gasteiger partial charge in [0.1, 0.15) is 6.10 Å². The summed E-state index contributed by atoms with van der Waals surface area (Å²) in [5.41, 5.74) is 0. The molecule has 0 aliphatic carbocycles. The SMILES string of the molecule is CCCCCCCCCCCCCCCCCC(CC(=O)NC(CO)C(O)CCCCCCCCCCCCCC)OC(=O)CCCCCCCCCCC. The van der Waals surface area contributed by atoms with E-state index in [0.29, 0.717) is 19.3 Å². The second kappa shape index (κ2) is 44.0. The quantitative estimate of drug-likeness (QED) is 0.0422. The number of aliphatic hydroxyl groups excluding tert-OH is 2. The lowest BCUT2D eigenvalue weighted by molar-refractivity contribution is -0.151. The van der Waals surface area contributed by atoms with E-state index in [-0.39, 0.29) is 24.9 Å². The van der Waals surface area contributed by atoms with E-state index in [9.17, 15) is 19.8 Å². The highest BCUT2D eigenvalue weighted by atomic mass is 16.5. The molecule has 6 nitrogen and oxygen atoms in total. The van der Waals surface area contributed by atoms with E-state index in [4.69, 9.17) is 4.74 Å². The number of carbonyl (C=O) groups is 2. The zero-order valence-electron chi connectivity index (χ0n) is 37.3. The van der Waals surface area contributed by atoms with Crippen LogP contribution in [0.4, 0.5) is 0 Å². The van der Waals surface area contributed by atoms with Crippen molar-refractivity contribution >= 4 is 11.9 Å². The van der Waals surface area contributed by atoms with Gasteiger partial charge in [0.2, 0.25) is 5.91 Å². The molecule has 328 valence electrons. The summed E-state index contributed by atoms with van der Waals surface area (Å²) in [7, 11) is 0. The summed E-state index contributed by atoms with van der Waals surface area (Å²) in [5.74, 6) is -0.456. The molecule has 1 amide bonds. The van der Waals surface area contributed by atoms with Crippen molar-refractivity contribution in [2.75, 3.05) is 6.61 Å². The second-order valence-electron chi connectivity index (χ2n) is 17.2. The molecule has 0 aromatic rings. The number of rotatable bonds is 45. The lowest BCUT2D eigenvalue weighted by Gasteiger charge is -2.24. The number of amides is 1. The van der Waals surface area contributed by atoms with Gasteiger partial charge in [-0.2, -0.15) is 0 Å². The van der Waals surface area contributed by atoms with E-state index < -0.39 is 18.2 Å². The maximum atomic E-state index is 13.1. The number of unbranched alkanes of at least 4 members (excludes halogenated alkanes) is 33. The van der Waals surface area contributed by atoms with Gasteiger partial charge in [0, 0.05) is 6.42 Å². The fourth-order valence-corrected chi connectivity index (χ4v) is 7.90. The molecule has 0 aliphatic rings. The van der Waals surface area contributed by atoms with Crippen LogP contribution in [0, 0.1) is 0 Å². The summed E-state index contributed by atoms with van der Waals surface area (Å²) in [6.45, 7) is 6.48. The van der Waals surface area contributed by atoms with Gasteiger partial charge in [-0.1, -0.05) is 239 Å². The van der Waals surface area contributed by atoms with Crippen LogP contribution in [0.25, 0.3) is 0 Å². The van der Waals surface area contributed by atoms with Gasteiger partial charge in [0.25, 0.3) is 0 Å². The minimum atomic E-state index is -0.778. The largest absolute Gasteiger partial charge is 0.462 e. The summed E-state index contributed by atoms with van der Waals surface area (Å²) in [5, 5.41) is 23.7. The number of aliphatic hydroxyl groups is 2. The Morgan fingerprint density at radius 3 is 1.11 bits per heavy atom. The van der Waals surface area contributed by atoms with Gasteiger partial charge in [-0.05, 0) is 25.7 Å². The molecule has 3 atom stereocenters. The Labute approximate surface area is 343 Å². The topological polar surface area (TPSA) is 95.9 Å². The minimum absolute atomic E-state index is 0.0872. The molecule has 0 spiro atoms. The zero-order valence-corrected chi connectivity index (χ0v) is 37.3. The first-order chi connectivity index (χ1) is 27.0. The molecule has 0 bridgehead atoms. The highest BCUT2D eigenvalue weighted by Gasteiger charge is 2.24. The molecule has 0 aromatic carbocycles. The van der Waals surface area contributed by atoms with Crippen LogP contribution in [0.3, 0.4) is 0 Å². The van der Waals surface area contributed by atoms with E-state index in [1.165, 1.54) is 186 Å². The highest BCUT2D eigenvalue weighted by Crippen LogP contribution is 2.18. The fraction of sp³-hybridized carbons (Fsp3) is 0.959. The standard InChI is InChI=1S/C49H97NO5/c1-4-7-10-13-16-19-21-23-24-25-26-29-31-34-37-40-45(55-49(54)42-39-36-33-28-18-15-12-9-6-3)43-48(53)50-46(44-51)47(52)41-38-35-32-30-27-22-20-17-14-11-8-5-2/h45-47,51-52H,4-44H2,1-3H3,(H,50,53). The number of ether oxygens (including phenoxy) is 1. The summed E-state index contributed by atoms with van der Waals surface area (Å²) in [6, 6.07) is -0.690. The third-order valence-corrected chi connectivity index (χ3v) is 11.7. The summed E-state index contributed by atoms with van der Waals surface area (Å²) < 4.78 is 5.91. The van der Waals surface area contributed by atoms with Crippen LogP contribution in [-0.2, 0) is 14.3 Å². The van der Waals surface area contributed by atoms with Crippen LogP contribution in [0.5, 0.6) is 0 Å². The van der Waals surface area contributed by atoms with E-state index in [1.807, 2.05) is 0 Å². The average molecular weight is 780 g/mol. The molecule has 3 N–H and O–H groups in total. The molecule has 0 radical (unpaired) electrons. The number of carbonyl (C=O) groups excluding carboxylic acids is 2. The number of hydrogen-bond acceptors (Lipinski definition) is 5.